The number of morpholine rings is 1. The molecule has 1 N–H and O–H groups in total. The molecule has 1 saturated heterocycles. The molecule has 2 aromatic rings. The summed E-state index contributed by atoms with van der Waals surface area (Å²) in [4.78, 5) is 25.8. The number of ether oxygens (including phenoxy) is 1. The SMILES string of the molecule is C=CC(=O)Nc1ccc(C(=O)N2CCOC(c3ccc(F)cc3Cl)C2)cc1. The standard InChI is InChI=1S/C20H18ClFN2O3/c1-2-19(25)23-15-6-3-13(4-7-15)20(26)24-9-10-27-18(12-24)16-8-5-14(22)11-17(16)21/h2-8,11,18H,1,9-10,12H2,(H,23,25). The number of nitrogens with one attached hydrogen (secondary N) is 1. The monoisotopic (exact) mass is 388 g/mol. The van der Waals surface area contributed by atoms with Crippen molar-refractivity contribution in [2.45, 2.75) is 6.10 Å². The first-order valence-electron chi connectivity index (χ1n) is 8.37. The molecule has 1 aliphatic heterocycles. The molecule has 0 spiro atoms. The van der Waals surface area contributed by atoms with Crippen LogP contribution in [0.1, 0.15) is 22.0 Å². The van der Waals surface area contributed by atoms with E-state index < -0.39 is 11.9 Å². The number of benzene rings is 2. The van der Waals surface area contributed by atoms with E-state index in [9.17, 15) is 14.0 Å². The number of carbonyl (C=O) groups excluding carboxylic acids is 2. The molecule has 1 atom stereocenters. The van der Waals surface area contributed by atoms with Crippen LogP contribution in [-0.4, -0.2) is 36.4 Å². The molecule has 5 nitrogen and oxygen atoms in total. The summed E-state index contributed by atoms with van der Waals surface area (Å²) in [5.41, 5.74) is 1.73. The molecule has 1 unspecified atom stereocenters. The molecule has 0 saturated carbocycles. The van der Waals surface area contributed by atoms with Crippen LogP contribution in [0.15, 0.2) is 55.1 Å². The second-order valence-corrected chi connectivity index (χ2v) is 6.45. The number of amides is 2. The first-order valence-corrected chi connectivity index (χ1v) is 8.75. The Kier molecular flexibility index (Phi) is 5.88. The number of carbonyl (C=O) groups is 2. The summed E-state index contributed by atoms with van der Waals surface area (Å²) in [6.07, 6.45) is 0.759. The summed E-state index contributed by atoms with van der Waals surface area (Å²) in [7, 11) is 0. The Labute approximate surface area is 161 Å². The Bertz CT molecular complexity index is 870. The lowest BCUT2D eigenvalue weighted by atomic mass is 10.1. The summed E-state index contributed by atoms with van der Waals surface area (Å²) in [6.45, 7) is 4.52. The predicted octanol–water partition coefficient (Wildman–Crippen LogP) is 3.82. The average Bonchev–Trinajstić information content (AvgIpc) is 2.68. The second kappa shape index (κ2) is 8.33. The zero-order chi connectivity index (χ0) is 19.4. The van der Waals surface area contributed by atoms with E-state index in [2.05, 4.69) is 11.9 Å². The summed E-state index contributed by atoms with van der Waals surface area (Å²) >= 11 is 6.11. The molecule has 2 amide bonds. The fraction of sp³-hybridized carbons (Fsp3) is 0.200. The molecule has 3 rings (SSSR count). The summed E-state index contributed by atoms with van der Waals surface area (Å²) in [5, 5.41) is 2.90. The van der Waals surface area contributed by atoms with Crippen LogP contribution in [-0.2, 0) is 9.53 Å². The minimum atomic E-state index is -0.420. The molecule has 0 aliphatic carbocycles. The van der Waals surface area contributed by atoms with Gasteiger partial charge in [0.05, 0.1) is 13.2 Å². The van der Waals surface area contributed by atoms with Gasteiger partial charge in [0.1, 0.15) is 11.9 Å². The van der Waals surface area contributed by atoms with Crippen molar-refractivity contribution in [3.8, 4) is 0 Å². The maximum absolute atomic E-state index is 13.3. The lowest BCUT2D eigenvalue weighted by Crippen LogP contribution is -2.42. The Morgan fingerprint density at radius 1 is 1.26 bits per heavy atom. The van der Waals surface area contributed by atoms with E-state index in [-0.39, 0.29) is 16.8 Å². The minimum absolute atomic E-state index is 0.150. The molecule has 0 radical (unpaired) electrons. The minimum Gasteiger partial charge on any atom is -0.370 e. The number of hydrogen-bond donors (Lipinski definition) is 1. The van der Waals surface area contributed by atoms with E-state index in [4.69, 9.17) is 16.3 Å². The zero-order valence-corrected chi connectivity index (χ0v) is 15.2. The average molecular weight is 389 g/mol. The van der Waals surface area contributed by atoms with Gasteiger partial charge in [0, 0.05) is 28.4 Å². The van der Waals surface area contributed by atoms with Crippen molar-refractivity contribution in [3.05, 3.63) is 77.1 Å². The van der Waals surface area contributed by atoms with Crippen molar-refractivity contribution < 1.29 is 18.7 Å². The molecular formula is C20H18ClFN2O3. The maximum Gasteiger partial charge on any atom is 0.254 e. The molecule has 27 heavy (non-hydrogen) atoms. The van der Waals surface area contributed by atoms with Crippen LogP contribution in [0.25, 0.3) is 0 Å². The number of nitrogens with zero attached hydrogens (tertiary/aromatic N) is 1. The smallest absolute Gasteiger partial charge is 0.254 e. The fourth-order valence-corrected chi connectivity index (χ4v) is 3.15. The normalized spacial score (nSPS) is 16.7. The second-order valence-electron chi connectivity index (χ2n) is 6.05. The molecule has 0 bridgehead atoms. The third kappa shape index (κ3) is 4.53. The van der Waals surface area contributed by atoms with E-state index in [0.29, 0.717) is 36.5 Å². The van der Waals surface area contributed by atoms with Gasteiger partial charge in [-0.15, -0.1) is 0 Å². The number of hydrogen-bond acceptors (Lipinski definition) is 3. The van der Waals surface area contributed by atoms with Crippen LogP contribution in [0.4, 0.5) is 10.1 Å². The van der Waals surface area contributed by atoms with Crippen molar-refractivity contribution in [3.63, 3.8) is 0 Å². The first kappa shape index (κ1) is 19.1. The van der Waals surface area contributed by atoms with Crippen LogP contribution in [0.2, 0.25) is 5.02 Å². The van der Waals surface area contributed by atoms with Crippen LogP contribution in [0, 0.1) is 5.82 Å². The van der Waals surface area contributed by atoms with Crippen molar-refractivity contribution in [2.75, 3.05) is 25.0 Å². The zero-order valence-electron chi connectivity index (χ0n) is 14.5. The predicted molar refractivity (Wildman–Crippen MR) is 101 cm³/mol. The highest BCUT2D eigenvalue weighted by molar-refractivity contribution is 6.31. The Hall–Kier alpha value is -2.70. The fourth-order valence-electron chi connectivity index (χ4n) is 2.86. The molecule has 140 valence electrons. The first-order chi connectivity index (χ1) is 13.0. The molecule has 0 aromatic heterocycles. The Morgan fingerprint density at radius 2 is 2.00 bits per heavy atom. The van der Waals surface area contributed by atoms with Crippen molar-refractivity contribution in [1.82, 2.24) is 4.90 Å². The summed E-state index contributed by atoms with van der Waals surface area (Å²) in [5.74, 6) is -0.888. The van der Waals surface area contributed by atoms with Gasteiger partial charge in [-0.1, -0.05) is 24.2 Å². The van der Waals surface area contributed by atoms with Gasteiger partial charge in [-0.3, -0.25) is 9.59 Å². The van der Waals surface area contributed by atoms with E-state index in [1.807, 2.05) is 0 Å². The molecule has 2 aromatic carbocycles. The quantitative estimate of drug-likeness (QED) is 0.810. The third-order valence-corrected chi connectivity index (χ3v) is 4.58. The van der Waals surface area contributed by atoms with E-state index in [1.165, 1.54) is 18.2 Å². The third-order valence-electron chi connectivity index (χ3n) is 4.25. The Balaban J connectivity index is 1.71. The van der Waals surface area contributed by atoms with Gasteiger partial charge in [0.25, 0.3) is 5.91 Å². The highest BCUT2D eigenvalue weighted by Crippen LogP contribution is 2.29. The lowest BCUT2D eigenvalue weighted by Gasteiger charge is -2.33. The molecule has 1 fully saturated rings. The summed E-state index contributed by atoms with van der Waals surface area (Å²) < 4.78 is 19.0. The van der Waals surface area contributed by atoms with Gasteiger partial charge >= 0.3 is 0 Å². The van der Waals surface area contributed by atoms with Crippen molar-refractivity contribution >= 4 is 29.1 Å². The maximum atomic E-state index is 13.3. The number of anilines is 1. The molecule has 7 heteroatoms. The van der Waals surface area contributed by atoms with Crippen LogP contribution in [0.5, 0.6) is 0 Å². The van der Waals surface area contributed by atoms with Gasteiger partial charge in [-0.05, 0) is 42.5 Å². The number of halogens is 2. The number of rotatable bonds is 4. The van der Waals surface area contributed by atoms with Gasteiger partial charge in [0.15, 0.2) is 0 Å². The molecular weight excluding hydrogens is 371 g/mol. The van der Waals surface area contributed by atoms with Crippen LogP contribution >= 0.6 is 11.6 Å². The van der Waals surface area contributed by atoms with Crippen molar-refractivity contribution in [2.24, 2.45) is 0 Å². The van der Waals surface area contributed by atoms with Gasteiger partial charge in [-0.25, -0.2) is 4.39 Å². The highest BCUT2D eigenvalue weighted by Gasteiger charge is 2.27. The Morgan fingerprint density at radius 3 is 2.67 bits per heavy atom. The van der Waals surface area contributed by atoms with Crippen LogP contribution in [0.3, 0.4) is 0 Å². The summed E-state index contributed by atoms with van der Waals surface area (Å²) in [6, 6.07) is 10.7. The highest BCUT2D eigenvalue weighted by atomic mass is 35.5. The molecule has 1 aliphatic rings. The van der Waals surface area contributed by atoms with E-state index in [1.54, 1.807) is 35.2 Å². The van der Waals surface area contributed by atoms with E-state index in [0.717, 1.165) is 0 Å². The lowest BCUT2D eigenvalue weighted by molar-refractivity contribution is -0.111. The topological polar surface area (TPSA) is 58.6 Å². The van der Waals surface area contributed by atoms with Crippen molar-refractivity contribution in [1.29, 1.82) is 0 Å². The molecule has 1 heterocycles. The van der Waals surface area contributed by atoms with Crippen LogP contribution < -0.4 is 5.32 Å². The van der Waals surface area contributed by atoms with Gasteiger partial charge in [-0.2, -0.15) is 0 Å². The van der Waals surface area contributed by atoms with Gasteiger partial charge in [0.2, 0.25) is 5.91 Å². The largest absolute Gasteiger partial charge is 0.370 e. The van der Waals surface area contributed by atoms with E-state index >= 15 is 0 Å². The van der Waals surface area contributed by atoms with Gasteiger partial charge < -0.3 is 15.0 Å².